The molecule has 2 aliphatic rings. The fourth-order valence-corrected chi connectivity index (χ4v) is 4.67. The van der Waals surface area contributed by atoms with Gasteiger partial charge in [-0.05, 0) is 37.8 Å². The van der Waals surface area contributed by atoms with E-state index >= 15 is 0 Å². The van der Waals surface area contributed by atoms with E-state index in [0.717, 1.165) is 42.5 Å². The lowest BCUT2D eigenvalue weighted by Gasteiger charge is -2.37. The second-order valence-electron chi connectivity index (χ2n) is 7.30. The summed E-state index contributed by atoms with van der Waals surface area (Å²) in [6.07, 6.45) is 4.26. The van der Waals surface area contributed by atoms with Crippen molar-refractivity contribution in [2.75, 3.05) is 6.61 Å². The van der Waals surface area contributed by atoms with Gasteiger partial charge < -0.3 is 4.74 Å². The van der Waals surface area contributed by atoms with E-state index in [1.807, 2.05) is 61.5 Å². The van der Waals surface area contributed by atoms with E-state index in [1.165, 1.54) is 5.71 Å². The number of carbonyl (C=O) groups excluding carboxylic acids is 1. The monoisotopic (exact) mass is 393 g/mol. The molecule has 0 N–H and O–H groups in total. The van der Waals surface area contributed by atoms with E-state index in [-0.39, 0.29) is 17.8 Å². The number of fused-ring (bicyclic) bond motifs is 1. The molecule has 1 heterocycles. The second kappa shape index (κ2) is 8.32. The van der Waals surface area contributed by atoms with Crippen LogP contribution in [0.2, 0.25) is 5.02 Å². The summed E-state index contributed by atoms with van der Waals surface area (Å²) < 4.78 is 5.50. The van der Waals surface area contributed by atoms with Crippen molar-refractivity contribution in [1.29, 1.82) is 0 Å². The van der Waals surface area contributed by atoms with Crippen molar-refractivity contribution in [3.63, 3.8) is 0 Å². The molecule has 1 aliphatic carbocycles. The molecule has 4 rings (SSSR count). The summed E-state index contributed by atoms with van der Waals surface area (Å²) in [5, 5.41) is 0.688. The third kappa shape index (κ3) is 3.51. The topological polar surface area (TPSA) is 38.7 Å². The third-order valence-electron chi connectivity index (χ3n) is 5.63. The molecule has 3 nitrogen and oxygen atoms in total. The van der Waals surface area contributed by atoms with Crippen LogP contribution in [-0.2, 0) is 9.53 Å². The standard InChI is InChI=1S/C24H24ClNO2/c1-2-28-24(27)22-21(17-12-6-8-14-19(17)25)18-13-7-9-15-20(18)26-23(22)16-10-4-3-5-11-16/h3-6,8,10-12,14,18,21H,2,7,9,13,15H2,1H3. The number of esters is 1. The first-order valence-electron chi connectivity index (χ1n) is 9.99. The zero-order valence-electron chi connectivity index (χ0n) is 16.0. The van der Waals surface area contributed by atoms with E-state index in [1.54, 1.807) is 0 Å². The van der Waals surface area contributed by atoms with Gasteiger partial charge in [-0.25, -0.2) is 4.79 Å². The van der Waals surface area contributed by atoms with E-state index in [9.17, 15) is 4.79 Å². The zero-order valence-corrected chi connectivity index (χ0v) is 16.8. The van der Waals surface area contributed by atoms with Gasteiger partial charge in [-0.1, -0.05) is 66.6 Å². The minimum absolute atomic E-state index is 0.129. The Morgan fingerprint density at radius 1 is 1.11 bits per heavy atom. The highest BCUT2D eigenvalue weighted by Crippen LogP contribution is 2.48. The molecule has 2 aromatic rings. The number of hydrogen-bond donors (Lipinski definition) is 0. The molecule has 0 radical (unpaired) electrons. The van der Waals surface area contributed by atoms with E-state index in [4.69, 9.17) is 21.3 Å². The van der Waals surface area contributed by atoms with Crippen molar-refractivity contribution in [2.45, 2.75) is 38.5 Å². The molecule has 0 aromatic heterocycles. The first kappa shape index (κ1) is 18.9. The molecule has 28 heavy (non-hydrogen) atoms. The number of nitrogens with zero attached hydrogens (tertiary/aromatic N) is 1. The van der Waals surface area contributed by atoms with Crippen LogP contribution in [0.5, 0.6) is 0 Å². The largest absolute Gasteiger partial charge is 0.463 e. The molecule has 2 unspecified atom stereocenters. The summed E-state index contributed by atoms with van der Waals surface area (Å²) in [7, 11) is 0. The second-order valence-corrected chi connectivity index (χ2v) is 7.71. The van der Waals surface area contributed by atoms with Gasteiger partial charge in [0.2, 0.25) is 0 Å². The Kier molecular flexibility index (Phi) is 5.63. The molecule has 1 aliphatic heterocycles. The molecule has 0 amide bonds. The summed E-state index contributed by atoms with van der Waals surface area (Å²) in [6.45, 7) is 2.17. The van der Waals surface area contributed by atoms with E-state index < -0.39 is 0 Å². The fourth-order valence-electron chi connectivity index (χ4n) is 4.42. The number of hydrogen-bond acceptors (Lipinski definition) is 3. The van der Waals surface area contributed by atoms with Crippen molar-refractivity contribution >= 4 is 29.0 Å². The summed E-state index contributed by atoms with van der Waals surface area (Å²) in [5.74, 6) is -0.226. The highest BCUT2D eigenvalue weighted by molar-refractivity contribution is 6.31. The van der Waals surface area contributed by atoms with Crippen LogP contribution in [0.3, 0.4) is 0 Å². The van der Waals surface area contributed by atoms with Gasteiger partial charge in [-0.3, -0.25) is 4.99 Å². The molecule has 2 atom stereocenters. The van der Waals surface area contributed by atoms with Crippen LogP contribution in [0.25, 0.3) is 5.70 Å². The Hall–Kier alpha value is -2.39. The van der Waals surface area contributed by atoms with Gasteiger partial charge in [0, 0.05) is 28.1 Å². The SMILES string of the molecule is CCOC(=O)C1=C(c2ccccc2)N=C2CCCCC2C1c1ccccc1Cl. The Bertz CT molecular complexity index is 933. The van der Waals surface area contributed by atoms with Crippen molar-refractivity contribution < 1.29 is 9.53 Å². The molecule has 2 aromatic carbocycles. The lowest BCUT2D eigenvalue weighted by atomic mass is 9.69. The third-order valence-corrected chi connectivity index (χ3v) is 5.98. The molecule has 1 fully saturated rings. The molecule has 0 spiro atoms. The van der Waals surface area contributed by atoms with Crippen LogP contribution >= 0.6 is 11.6 Å². The molecule has 1 saturated carbocycles. The highest BCUT2D eigenvalue weighted by atomic mass is 35.5. The first-order valence-corrected chi connectivity index (χ1v) is 10.4. The van der Waals surface area contributed by atoms with E-state index in [2.05, 4.69) is 0 Å². The number of benzene rings is 2. The maximum absolute atomic E-state index is 13.2. The molecule has 0 saturated heterocycles. The molecular formula is C24H24ClNO2. The quantitative estimate of drug-likeness (QED) is 0.593. The van der Waals surface area contributed by atoms with Crippen LogP contribution in [0.15, 0.2) is 65.2 Å². The molecule has 0 bridgehead atoms. The highest BCUT2D eigenvalue weighted by Gasteiger charge is 2.41. The van der Waals surface area contributed by atoms with Gasteiger partial charge in [0.1, 0.15) is 0 Å². The van der Waals surface area contributed by atoms with Crippen LogP contribution in [0.1, 0.15) is 49.7 Å². The number of carbonyl (C=O) groups is 1. The Labute approximate surface area is 171 Å². The predicted octanol–water partition coefficient (Wildman–Crippen LogP) is 6.04. The number of aliphatic imine (C=N–C) groups is 1. The summed E-state index contributed by atoms with van der Waals surface area (Å²) in [5.41, 5.74) is 4.48. The maximum Gasteiger partial charge on any atom is 0.336 e. The number of rotatable bonds is 4. The lowest BCUT2D eigenvalue weighted by molar-refractivity contribution is -0.138. The van der Waals surface area contributed by atoms with Crippen LogP contribution in [0, 0.1) is 5.92 Å². The van der Waals surface area contributed by atoms with Crippen molar-refractivity contribution in [1.82, 2.24) is 0 Å². The summed E-state index contributed by atoms with van der Waals surface area (Å²) >= 11 is 6.61. The summed E-state index contributed by atoms with van der Waals surface area (Å²) in [4.78, 5) is 18.2. The Morgan fingerprint density at radius 2 is 1.86 bits per heavy atom. The van der Waals surface area contributed by atoms with Crippen molar-refractivity contribution in [2.24, 2.45) is 10.9 Å². The Balaban J connectivity index is 1.97. The average Bonchev–Trinajstić information content (AvgIpc) is 2.73. The van der Waals surface area contributed by atoms with Crippen molar-refractivity contribution in [3.8, 4) is 0 Å². The van der Waals surface area contributed by atoms with Gasteiger partial charge in [0.05, 0.1) is 17.9 Å². The van der Waals surface area contributed by atoms with E-state index in [0.29, 0.717) is 17.2 Å². The van der Waals surface area contributed by atoms with Gasteiger partial charge >= 0.3 is 5.97 Å². The first-order chi connectivity index (χ1) is 13.7. The number of ether oxygens (including phenoxy) is 1. The van der Waals surface area contributed by atoms with Crippen LogP contribution < -0.4 is 0 Å². The zero-order chi connectivity index (χ0) is 19.5. The average molecular weight is 394 g/mol. The fraction of sp³-hybridized carbons (Fsp3) is 0.333. The summed E-state index contributed by atoms with van der Waals surface area (Å²) in [6, 6.07) is 17.8. The molecule has 144 valence electrons. The minimum atomic E-state index is -0.292. The molecule has 4 heteroatoms. The van der Waals surface area contributed by atoms with Gasteiger partial charge in [-0.2, -0.15) is 0 Å². The lowest BCUT2D eigenvalue weighted by Crippen LogP contribution is -2.33. The van der Waals surface area contributed by atoms with Gasteiger partial charge in [0.25, 0.3) is 0 Å². The van der Waals surface area contributed by atoms with Gasteiger partial charge in [-0.15, -0.1) is 0 Å². The van der Waals surface area contributed by atoms with Crippen LogP contribution in [-0.4, -0.2) is 18.3 Å². The smallest absolute Gasteiger partial charge is 0.336 e. The number of halogens is 1. The van der Waals surface area contributed by atoms with Crippen molar-refractivity contribution in [3.05, 3.63) is 76.3 Å². The predicted molar refractivity (Wildman–Crippen MR) is 114 cm³/mol. The Morgan fingerprint density at radius 3 is 2.61 bits per heavy atom. The maximum atomic E-state index is 13.2. The molecular weight excluding hydrogens is 370 g/mol. The normalized spacial score (nSPS) is 21.7. The van der Waals surface area contributed by atoms with Crippen LogP contribution in [0.4, 0.5) is 0 Å². The minimum Gasteiger partial charge on any atom is -0.463 e. The van der Waals surface area contributed by atoms with Gasteiger partial charge in [0.15, 0.2) is 0 Å².